The maximum atomic E-state index is 5.87. The third-order valence-corrected chi connectivity index (χ3v) is 4.64. The third-order valence-electron chi connectivity index (χ3n) is 3.79. The molecule has 0 bridgehead atoms. The molecule has 0 aliphatic heterocycles. The Morgan fingerprint density at radius 2 is 2.08 bits per heavy atom. The van der Waals surface area contributed by atoms with Gasteiger partial charge in [0.25, 0.3) is 0 Å². The van der Waals surface area contributed by atoms with Crippen LogP contribution in [0, 0.1) is 0 Å². The first-order valence-electron chi connectivity index (χ1n) is 8.04. The molecule has 4 aromatic heterocycles. The molecule has 0 fully saturated rings. The highest BCUT2D eigenvalue weighted by molar-refractivity contribution is 7.09. The summed E-state index contributed by atoms with van der Waals surface area (Å²) in [6.45, 7) is 0.531. The largest absolute Gasteiger partial charge is 0.472 e. The zero-order chi connectivity index (χ0) is 17.8. The highest BCUT2D eigenvalue weighted by Gasteiger charge is 2.11. The van der Waals surface area contributed by atoms with Crippen LogP contribution >= 0.6 is 11.3 Å². The fraction of sp³-hybridized carbons (Fsp3) is 0.105. The van der Waals surface area contributed by atoms with E-state index in [9.17, 15) is 0 Å². The van der Waals surface area contributed by atoms with Crippen molar-refractivity contribution < 1.29 is 9.26 Å². The molecule has 0 saturated heterocycles. The van der Waals surface area contributed by atoms with Crippen molar-refractivity contribution in [2.75, 3.05) is 5.73 Å². The van der Waals surface area contributed by atoms with Gasteiger partial charge < -0.3 is 15.0 Å². The summed E-state index contributed by atoms with van der Waals surface area (Å²) in [7, 11) is 0. The van der Waals surface area contributed by atoms with E-state index >= 15 is 0 Å². The molecule has 0 unspecified atom stereocenters. The van der Waals surface area contributed by atoms with Gasteiger partial charge in [-0.25, -0.2) is 9.97 Å². The highest BCUT2D eigenvalue weighted by Crippen LogP contribution is 2.25. The molecule has 0 spiro atoms. The van der Waals surface area contributed by atoms with Crippen molar-refractivity contribution in [3.8, 4) is 17.2 Å². The fourth-order valence-corrected chi connectivity index (χ4v) is 3.11. The fourth-order valence-electron chi connectivity index (χ4n) is 2.50. The van der Waals surface area contributed by atoms with Crippen LogP contribution in [0.1, 0.15) is 16.1 Å². The first-order chi connectivity index (χ1) is 12.8. The van der Waals surface area contributed by atoms with Gasteiger partial charge in [-0.05, 0) is 29.1 Å². The number of hydrogen-bond donors (Lipinski definition) is 1. The van der Waals surface area contributed by atoms with Crippen LogP contribution in [0.5, 0.6) is 5.88 Å². The van der Waals surface area contributed by atoms with E-state index in [4.69, 9.17) is 15.0 Å². The van der Waals surface area contributed by atoms with Crippen molar-refractivity contribution in [3.05, 3.63) is 76.4 Å². The van der Waals surface area contributed by atoms with Gasteiger partial charge in [0.1, 0.15) is 12.4 Å². The Bertz CT molecular complexity index is 981. The lowest BCUT2D eigenvalue weighted by Gasteiger charge is -2.04. The van der Waals surface area contributed by atoms with Gasteiger partial charge in [0.15, 0.2) is 5.76 Å². The second-order valence-electron chi connectivity index (χ2n) is 5.67. The quantitative estimate of drug-likeness (QED) is 0.557. The summed E-state index contributed by atoms with van der Waals surface area (Å²) in [5.41, 5.74) is 8.43. The van der Waals surface area contributed by atoms with Crippen LogP contribution in [0.25, 0.3) is 11.3 Å². The van der Waals surface area contributed by atoms with E-state index in [-0.39, 0.29) is 0 Å². The van der Waals surface area contributed by atoms with Crippen molar-refractivity contribution in [2.24, 2.45) is 0 Å². The third kappa shape index (κ3) is 3.73. The Morgan fingerprint density at radius 3 is 2.85 bits per heavy atom. The normalized spacial score (nSPS) is 10.8. The van der Waals surface area contributed by atoms with Crippen molar-refractivity contribution >= 4 is 17.2 Å². The minimum absolute atomic E-state index is 0.420. The van der Waals surface area contributed by atoms with Crippen LogP contribution < -0.4 is 10.5 Å². The van der Waals surface area contributed by atoms with Crippen molar-refractivity contribution in [2.45, 2.75) is 13.0 Å². The summed E-state index contributed by atoms with van der Waals surface area (Å²) in [5.74, 6) is 1.63. The van der Waals surface area contributed by atoms with Gasteiger partial charge in [0.2, 0.25) is 5.88 Å². The Hall–Kier alpha value is -3.19. The summed E-state index contributed by atoms with van der Waals surface area (Å²) in [5, 5.41) is 6.13. The molecule has 0 aliphatic carbocycles. The molecule has 2 N–H and O–H groups in total. The van der Waals surface area contributed by atoms with Crippen molar-refractivity contribution in [1.82, 2.24) is 15.1 Å². The number of nitrogen functional groups attached to an aromatic ring is 1. The molecule has 6 nitrogen and oxygen atoms in total. The molecule has 130 valence electrons. The Morgan fingerprint density at radius 1 is 1.12 bits per heavy atom. The van der Waals surface area contributed by atoms with Gasteiger partial charge in [0, 0.05) is 35.8 Å². The van der Waals surface area contributed by atoms with E-state index in [1.807, 2.05) is 47.8 Å². The van der Waals surface area contributed by atoms with E-state index in [0.717, 1.165) is 16.8 Å². The zero-order valence-electron chi connectivity index (χ0n) is 13.8. The number of thiophene rings is 1. The predicted molar refractivity (Wildman–Crippen MR) is 99.8 cm³/mol. The molecule has 0 aliphatic rings. The average Bonchev–Trinajstić information content (AvgIpc) is 3.34. The molecular formula is C19H16N4O2S. The lowest BCUT2D eigenvalue weighted by Crippen LogP contribution is -1.96. The molecule has 26 heavy (non-hydrogen) atoms. The molecule has 0 saturated carbocycles. The molecule has 4 rings (SSSR count). The molecule has 4 aromatic rings. The molecule has 0 radical (unpaired) electrons. The lowest BCUT2D eigenvalue weighted by molar-refractivity contribution is 0.297. The molecule has 7 heteroatoms. The van der Waals surface area contributed by atoms with Crippen LogP contribution in [0.3, 0.4) is 0 Å². The first kappa shape index (κ1) is 16.3. The summed E-state index contributed by atoms with van der Waals surface area (Å²) in [4.78, 5) is 9.58. The molecule has 0 atom stereocenters. The van der Waals surface area contributed by atoms with Gasteiger partial charge >= 0.3 is 0 Å². The van der Waals surface area contributed by atoms with Crippen LogP contribution in [0.2, 0.25) is 0 Å². The topological polar surface area (TPSA) is 87.1 Å². The molecule has 4 heterocycles. The Labute approximate surface area is 154 Å². The second-order valence-corrected chi connectivity index (χ2v) is 6.70. The van der Waals surface area contributed by atoms with Gasteiger partial charge in [0.05, 0.1) is 11.3 Å². The molecule has 0 amide bonds. The maximum Gasteiger partial charge on any atom is 0.213 e. The summed E-state index contributed by atoms with van der Waals surface area (Å²) < 4.78 is 11.1. The summed E-state index contributed by atoms with van der Waals surface area (Å²) >= 11 is 1.66. The average molecular weight is 364 g/mol. The SMILES string of the molecule is Nc1ncccc1-c1cc(Cc2ccc(OCc3cccs3)nc2)no1. The van der Waals surface area contributed by atoms with E-state index in [0.29, 0.717) is 30.5 Å². The van der Waals surface area contributed by atoms with Crippen molar-refractivity contribution in [3.63, 3.8) is 0 Å². The Balaban J connectivity index is 1.41. The van der Waals surface area contributed by atoms with Gasteiger partial charge in [-0.15, -0.1) is 11.3 Å². The molecular weight excluding hydrogens is 348 g/mol. The smallest absolute Gasteiger partial charge is 0.213 e. The van der Waals surface area contributed by atoms with E-state index < -0.39 is 0 Å². The minimum atomic E-state index is 0.420. The van der Waals surface area contributed by atoms with Crippen LogP contribution in [-0.4, -0.2) is 15.1 Å². The summed E-state index contributed by atoms with van der Waals surface area (Å²) in [6, 6.07) is 13.4. The highest BCUT2D eigenvalue weighted by atomic mass is 32.1. The number of pyridine rings is 2. The van der Waals surface area contributed by atoms with Crippen molar-refractivity contribution in [1.29, 1.82) is 0 Å². The zero-order valence-corrected chi connectivity index (χ0v) is 14.6. The standard InChI is InChI=1S/C19H16N4O2S/c20-19-16(4-1-7-21-19)17-10-14(23-25-17)9-13-5-6-18(22-11-13)24-12-15-3-2-8-26-15/h1-8,10-11H,9,12H2,(H2,20,21). The first-order valence-corrected chi connectivity index (χ1v) is 8.92. The number of anilines is 1. The monoisotopic (exact) mass is 364 g/mol. The second kappa shape index (κ2) is 7.37. The molecule has 0 aromatic carbocycles. The number of nitrogens with two attached hydrogens (primary N) is 1. The Kier molecular flexibility index (Phi) is 4.61. The number of nitrogens with zero attached hydrogens (tertiary/aromatic N) is 3. The van der Waals surface area contributed by atoms with E-state index in [1.165, 1.54) is 4.88 Å². The van der Waals surface area contributed by atoms with Crippen LogP contribution in [-0.2, 0) is 13.0 Å². The van der Waals surface area contributed by atoms with Crippen LogP contribution in [0.4, 0.5) is 5.82 Å². The number of ether oxygens (including phenoxy) is 1. The minimum Gasteiger partial charge on any atom is -0.472 e. The van der Waals surface area contributed by atoms with Gasteiger partial charge in [-0.3, -0.25) is 0 Å². The lowest BCUT2D eigenvalue weighted by atomic mass is 10.1. The number of aromatic nitrogens is 3. The maximum absolute atomic E-state index is 5.87. The van der Waals surface area contributed by atoms with Gasteiger partial charge in [-0.2, -0.15) is 0 Å². The number of rotatable bonds is 6. The summed E-state index contributed by atoms with van der Waals surface area (Å²) in [6.07, 6.45) is 4.04. The number of hydrogen-bond acceptors (Lipinski definition) is 7. The van der Waals surface area contributed by atoms with E-state index in [1.54, 1.807) is 23.7 Å². The van der Waals surface area contributed by atoms with E-state index in [2.05, 4.69) is 15.1 Å². The van der Waals surface area contributed by atoms with Gasteiger partial charge in [-0.1, -0.05) is 17.3 Å². The predicted octanol–water partition coefficient (Wildman–Crippen LogP) is 3.95. The van der Waals surface area contributed by atoms with Crippen LogP contribution in [0.15, 0.2) is 64.8 Å².